The van der Waals surface area contributed by atoms with Crippen LogP contribution >= 0.6 is 11.8 Å². The van der Waals surface area contributed by atoms with E-state index in [4.69, 9.17) is 5.73 Å². The van der Waals surface area contributed by atoms with Crippen LogP contribution < -0.4 is 5.73 Å². The molecule has 0 heterocycles. The third-order valence-electron chi connectivity index (χ3n) is 2.30. The van der Waals surface area contributed by atoms with Crippen LogP contribution in [0.25, 0.3) is 0 Å². The lowest BCUT2D eigenvalue weighted by Gasteiger charge is -2.07. The highest BCUT2D eigenvalue weighted by Gasteiger charge is 2.23. The van der Waals surface area contributed by atoms with Crippen molar-refractivity contribution in [2.75, 3.05) is 0 Å². The standard InChI is InChI=1S/C11H14FNS/c1-7(13)8-2-5-11(10(12)6-8)14-9-3-4-9/h2,5-7,9H,3-4,13H2,1H3. The number of hydrogen-bond donors (Lipinski definition) is 1. The van der Waals surface area contributed by atoms with Crippen LogP contribution in [0.1, 0.15) is 31.4 Å². The minimum absolute atomic E-state index is 0.0931. The van der Waals surface area contributed by atoms with Gasteiger partial charge < -0.3 is 5.73 Å². The molecule has 0 spiro atoms. The van der Waals surface area contributed by atoms with Gasteiger partial charge in [0.05, 0.1) is 0 Å². The van der Waals surface area contributed by atoms with Gasteiger partial charge in [0.25, 0.3) is 0 Å². The van der Waals surface area contributed by atoms with Gasteiger partial charge in [0.1, 0.15) is 5.82 Å². The van der Waals surface area contributed by atoms with E-state index < -0.39 is 0 Å². The van der Waals surface area contributed by atoms with Crippen molar-refractivity contribution in [1.29, 1.82) is 0 Å². The second-order valence-electron chi connectivity index (χ2n) is 3.80. The highest BCUT2D eigenvalue weighted by atomic mass is 32.2. The molecule has 1 saturated carbocycles. The molecule has 0 aliphatic heterocycles. The van der Waals surface area contributed by atoms with Gasteiger partial charge in [-0.3, -0.25) is 0 Å². The van der Waals surface area contributed by atoms with E-state index in [0.29, 0.717) is 5.25 Å². The zero-order chi connectivity index (χ0) is 10.1. The summed E-state index contributed by atoms with van der Waals surface area (Å²) in [5.41, 5.74) is 6.54. The maximum absolute atomic E-state index is 13.5. The smallest absolute Gasteiger partial charge is 0.137 e. The Hall–Kier alpha value is -0.540. The lowest BCUT2D eigenvalue weighted by Crippen LogP contribution is -2.05. The molecular weight excluding hydrogens is 197 g/mol. The van der Waals surface area contributed by atoms with E-state index in [1.807, 2.05) is 19.1 Å². The number of halogens is 1. The molecule has 3 heteroatoms. The van der Waals surface area contributed by atoms with Crippen LogP contribution in [-0.4, -0.2) is 5.25 Å². The van der Waals surface area contributed by atoms with Crippen molar-refractivity contribution in [3.8, 4) is 0 Å². The Morgan fingerprint density at radius 3 is 2.71 bits per heavy atom. The molecule has 2 N–H and O–H groups in total. The molecule has 2 rings (SSSR count). The number of benzene rings is 1. The lowest BCUT2D eigenvalue weighted by molar-refractivity contribution is 0.596. The van der Waals surface area contributed by atoms with Crippen LogP contribution in [-0.2, 0) is 0 Å². The average molecular weight is 211 g/mol. The van der Waals surface area contributed by atoms with Crippen molar-refractivity contribution in [2.45, 2.75) is 36.0 Å². The fourth-order valence-corrected chi connectivity index (χ4v) is 2.31. The van der Waals surface area contributed by atoms with E-state index in [-0.39, 0.29) is 11.9 Å². The summed E-state index contributed by atoms with van der Waals surface area (Å²) in [6.07, 6.45) is 2.44. The van der Waals surface area contributed by atoms with Crippen molar-refractivity contribution >= 4 is 11.8 Å². The van der Waals surface area contributed by atoms with Crippen LogP contribution in [0.2, 0.25) is 0 Å². The molecule has 1 atom stereocenters. The summed E-state index contributed by atoms with van der Waals surface area (Å²) in [6.45, 7) is 1.86. The maximum Gasteiger partial charge on any atom is 0.137 e. The first-order chi connectivity index (χ1) is 6.66. The highest BCUT2D eigenvalue weighted by Crippen LogP contribution is 2.40. The van der Waals surface area contributed by atoms with Crippen molar-refractivity contribution < 1.29 is 4.39 Å². The van der Waals surface area contributed by atoms with Gasteiger partial charge in [-0.05, 0) is 37.5 Å². The topological polar surface area (TPSA) is 26.0 Å². The molecule has 1 aliphatic rings. The molecule has 1 nitrogen and oxygen atoms in total. The summed E-state index contributed by atoms with van der Waals surface area (Å²) in [7, 11) is 0. The van der Waals surface area contributed by atoms with Gasteiger partial charge in [-0.25, -0.2) is 4.39 Å². The van der Waals surface area contributed by atoms with Crippen LogP contribution in [0.15, 0.2) is 23.1 Å². The minimum atomic E-state index is -0.128. The van der Waals surface area contributed by atoms with Crippen LogP contribution in [0.4, 0.5) is 4.39 Å². The fraction of sp³-hybridized carbons (Fsp3) is 0.455. The summed E-state index contributed by atoms with van der Waals surface area (Å²) in [4.78, 5) is 0.761. The minimum Gasteiger partial charge on any atom is -0.324 e. The van der Waals surface area contributed by atoms with Gasteiger partial charge in [-0.15, -0.1) is 11.8 Å². The van der Waals surface area contributed by atoms with Crippen molar-refractivity contribution in [3.63, 3.8) is 0 Å². The maximum atomic E-state index is 13.5. The molecule has 76 valence electrons. The first kappa shape index (κ1) is 9.99. The number of thioether (sulfide) groups is 1. The molecule has 1 aromatic carbocycles. The summed E-state index contributed by atoms with van der Waals surface area (Å²) in [6, 6.07) is 5.22. The van der Waals surface area contributed by atoms with Crippen LogP contribution in [0.3, 0.4) is 0 Å². The van der Waals surface area contributed by atoms with E-state index in [0.717, 1.165) is 10.5 Å². The largest absolute Gasteiger partial charge is 0.324 e. The predicted molar refractivity (Wildman–Crippen MR) is 57.9 cm³/mol. The van der Waals surface area contributed by atoms with Gasteiger partial charge in [0, 0.05) is 16.2 Å². The normalized spacial score (nSPS) is 18.2. The zero-order valence-corrected chi connectivity index (χ0v) is 8.98. The Labute approximate surface area is 87.9 Å². The SMILES string of the molecule is CC(N)c1ccc(SC2CC2)c(F)c1. The Bertz CT molecular complexity index is 334. The fourth-order valence-electron chi connectivity index (χ4n) is 1.26. The van der Waals surface area contributed by atoms with Crippen molar-refractivity contribution in [2.24, 2.45) is 5.73 Å². The quantitative estimate of drug-likeness (QED) is 0.831. The molecule has 1 aromatic rings. The molecule has 0 amide bonds. The summed E-state index contributed by atoms with van der Waals surface area (Å²) < 4.78 is 13.5. The molecule has 0 radical (unpaired) electrons. The lowest BCUT2D eigenvalue weighted by atomic mass is 10.1. The Balaban J connectivity index is 2.17. The zero-order valence-electron chi connectivity index (χ0n) is 8.16. The van der Waals surface area contributed by atoms with Crippen molar-refractivity contribution in [1.82, 2.24) is 0 Å². The molecule has 0 saturated heterocycles. The van der Waals surface area contributed by atoms with E-state index in [1.165, 1.54) is 12.8 Å². The molecule has 1 unspecified atom stereocenters. The summed E-state index contributed by atoms with van der Waals surface area (Å²) in [5, 5.41) is 0.644. The second kappa shape index (κ2) is 3.91. The highest BCUT2D eigenvalue weighted by molar-refractivity contribution is 8.00. The van der Waals surface area contributed by atoms with E-state index >= 15 is 0 Å². The van der Waals surface area contributed by atoms with E-state index in [2.05, 4.69) is 0 Å². The summed E-state index contributed by atoms with van der Waals surface area (Å²) in [5.74, 6) is -0.128. The first-order valence-corrected chi connectivity index (χ1v) is 5.76. The monoisotopic (exact) mass is 211 g/mol. The van der Waals surface area contributed by atoms with Gasteiger partial charge >= 0.3 is 0 Å². The number of rotatable bonds is 3. The Morgan fingerprint density at radius 1 is 1.50 bits per heavy atom. The summed E-state index contributed by atoms with van der Waals surface area (Å²) >= 11 is 1.64. The molecular formula is C11H14FNS. The van der Waals surface area contributed by atoms with Crippen LogP contribution in [0.5, 0.6) is 0 Å². The third kappa shape index (κ3) is 2.28. The Kier molecular flexibility index (Phi) is 2.79. The van der Waals surface area contributed by atoms with Crippen LogP contribution in [0, 0.1) is 5.82 Å². The Morgan fingerprint density at radius 2 is 2.21 bits per heavy atom. The van der Waals surface area contributed by atoms with Gasteiger partial charge in [-0.2, -0.15) is 0 Å². The number of hydrogen-bond acceptors (Lipinski definition) is 2. The molecule has 0 aromatic heterocycles. The van der Waals surface area contributed by atoms with Gasteiger partial charge in [0.15, 0.2) is 0 Å². The molecule has 14 heavy (non-hydrogen) atoms. The molecule has 1 fully saturated rings. The average Bonchev–Trinajstić information content (AvgIpc) is 2.92. The predicted octanol–water partition coefficient (Wildman–Crippen LogP) is 3.10. The third-order valence-corrected chi connectivity index (χ3v) is 3.69. The molecule has 1 aliphatic carbocycles. The van der Waals surface area contributed by atoms with Crippen molar-refractivity contribution in [3.05, 3.63) is 29.6 Å². The van der Waals surface area contributed by atoms with Gasteiger partial charge in [-0.1, -0.05) is 6.07 Å². The number of nitrogens with two attached hydrogens (primary N) is 1. The van der Waals surface area contributed by atoms with E-state index in [1.54, 1.807) is 17.8 Å². The van der Waals surface area contributed by atoms with Gasteiger partial charge in [0.2, 0.25) is 0 Å². The molecule has 0 bridgehead atoms. The first-order valence-electron chi connectivity index (χ1n) is 4.88. The second-order valence-corrected chi connectivity index (χ2v) is 5.14. The van der Waals surface area contributed by atoms with E-state index in [9.17, 15) is 4.39 Å².